The molecule has 1 aromatic rings. The molecular weight excluding hydrogens is 333 g/mol. The van der Waals surface area contributed by atoms with Gasteiger partial charge in [0.15, 0.2) is 5.75 Å². The second-order valence-corrected chi connectivity index (χ2v) is 5.49. The van der Waals surface area contributed by atoms with E-state index in [-0.39, 0.29) is 5.56 Å². The number of piperazine rings is 1. The number of nitro benzene ring substituents is 1. The summed E-state index contributed by atoms with van der Waals surface area (Å²) in [5, 5.41) is 24.1. The molecule has 6 nitrogen and oxygen atoms in total. The number of nitrogens with one attached hydrogen (secondary N) is 1. The predicted octanol–water partition coefficient (Wildman–Crippen LogP) is 1.98. The van der Waals surface area contributed by atoms with Gasteiger partial charge in [0.1, 0.15) is 6.67 Å². The van der Waals surface area contributed by atoms with Crippen LogP contribution >= 0.6 is 15.9 Å². The zero-order chi connectivity index (χ0) is 14.7. The highest BCUT2D eigenvalue weighted by molar-refractivity contribution is 9.10. The molecule has 1 fully saturated rings. The number of rotatable bonds is 4. The van der Waals surface area contributed by atoms with Gasteiger partial charge in [0, 0.05) is 42.3 Å². The fourth-order valence-corrected chi connectivity index (χ4v) is 2.83. The van der Waals surface area contributed by atoms with E-state index in [9.17, 15) is 19.6 Å². The van der Waals surface area contributed by atoms with Crippen molar-refractivity contribution in [3.63, 3.8) is 0 Å². The molecular formula is C12H15BrFN3O3. The van der Waals surface area contributed by atoms with Crippen LogP contribution in [0.4, 0.5) is 10.1 Å². The molecule has 1 aromatic carbocycles. The summed E-state index contributed by atoms with van der Waals surface area (Å²) in [6.45, 7) is 2.02. The first-order valence-electron chi connectivity index (χ1n) is 6.22. The third kappa shape index (κ3) is 3.08. The molecule has 0 aliphatic carbocycles. The Balaban J connectivity index is 2.40. The lowest BCUT2D eigenvalue weighted by Crippen LogP contribution is -2.45. The van der Waals surface area contributed by atoms with E-state index >= 15 is 0 Å². The minimum absolute atomic E-state index is 0.246. The van der Waals surface area contributed by atoms with Crippen LogP contribution in [0.15, 0.2) is 16.6 Å². The largest absolute Gasteiger partial charge is 0.502 e. The average molecular weight is 348 g/mol. The van der Waals surface area contributed by atoms with E-state index in [1.165, 1.54) is 12.1 Å². The molecule has 0 amide bonds. The van der Waals surface area contributed by atoms with Gasteiger partial charge in [-0.15, -0.1) is 0 Å². The van der Waals surface area contributed by atoms with Crippen LogP contribution in [0.1, 0.15) is 11.6 Å². The van der Waals surface area contributed by atoms with Crippen molar-refractivity contribution < 1.29 is 14.4 Å². The smallest absolute Gasteiger partial charge is 0.312 e. The standard InChI is InChI=1S/C12H15BrFN3O3/c13-8-5-9(12(18)10(6-8)17(19)20)11(7-14)16-3-1-15-2-4-16/h5-6,11,15,18H,1-4,7H2/t11-/m1/s1. The summed E-state index contributed by atoms with van der Waals surface area (Å²) in [7, 11) is 0. The number of halogens is 2. The molecule has 0 unspecified atom stereocenters. The van der Waals surface area contributed by atoms with Gasteiger partial charge in [0.2, 0.25) is 0 Å². The highest BCUT2D eigenvalue weighted by Crippen LogP contribution is 2.38. The summed E-state index contributed by atoms with van der Waals surface area (Å²) in [5.41, 5.74) is -0.168. The maximum atomic E-state index is 13.4. The maximum absolute atomic E-state index is 13.4. The van der Waals surface area contributed by atoms with Crippen LogP contribution in [0.3, 0.4) is 0 Å². The minimum Gasteiger partial charge on any atom is -0.502 e. The van der Waals surface area contributed by atoms with Crippen LogP contribution in [0, 0.1) is 10.1 Å². The van der Waals surface area contributed by atoms with Crippen molar-refractivity contribution in [1.82, 2.24) is 10.2 Å². The van der Waals surface area contributed by atoms with Gasteiger partial charge < -0.3 is 10.4 Å². The Morgan fingerprint density at radius 3 is 2.70 bits per heavy atom. The van der Waals surface area contributed by atoms with E-state index < -0.39 is 29.1 Å². The molecule has 8 heteroatoms. The minimum atomic E-state index is -0.707. The van der Waals surface area contributed by atoms with Crippen molar-refractivity contribution in [1.29, 1.82) is 0 Å². The highest BCUT2D eigenvalue weighted by atomic mass is 79.9. The van der Waals surface area contributed by atoms with Crippen LogP contribution in [-0.4, -0.2) is 47.8 Å². The number of alkyl halides is 1. The van der Waals surface area contributed by atoms with Crippen molar-refractivity contribution in [3.8, 4) is 5.75 Å². The summed E-state index contributed by atoms with van der Waals surface area (Å²) in [4.78, 5) is 12.1. The first kappa shape index (κ1) is 15.1. The summed E-state index contributed by atoms with van der Waals surface area (Å²) in [6.07, 6.45) is 0. The predicted molar refractivity (Wildman–Crippen MR) is 75.6 cm³/mol. The number of aromatic hydroxyl groups is 1. The van der Waals surface area contributed by atoms with Gasteiger partial charge in [0.25, 0.3) is 0 Å². The third-order valence-electron chi connectivity index (χ3n) is 3.38. The summed E-state index contributed by atoms with van der Waals surface area (Å²) in [6, 6.07) is 2.08. The number of nitrogens with zero attached hydrogens (tertiary/aromatic N) is 2. The Hall–Kier alpha value is -1.25. The Bertz CT molecular complexity index is 509. The number of phenolic OH excluding ortho intramolecular Hbond substituents is 1. The van der Waals surface area contributed by atoms with Crippen LogP contribution in [0.25, 0.3) is 0 Å². The van der Waals surface area contributed by atoms with Gasteiger partial charge in [-0.05, 0) is 6.07 Å². The Kier molecular flexibility index (Phi) is 4.90. The van der Waals surface area contributed by atoms with Crippen molar-refractivity contribution >= 4 is 21.6 Å². The van der Waals surface area contributed by atoms with E-state index in [0.29, 0.717) is 17.6 Å². The third-order valence-corrected chi connectivity index (χ3v) is 3.84. The summed E-state index contributed by atoms with van der Waals surface area (Å²) < 4.78 is 13.9. The van der Waals surface area contributed by atoms with E-state index in [4.69, 9.17) is 0 Å². The van der Waals surface area contributed by atoms with Gasteiger partial charge in [0.05, 0.1) is 11.0 Å². The lowest BCUT2D eigenvalue weighted by Gasteiger charge is -2.33. The Labute approximate surface area is 123 Å². The monoisotopic (exact) mass is 347 g/mol. The molecule has 2 N–H and O–H groups in total. The van der Waals surface area contributed by atoms with Gasteiger partial charge in [-0.25, -0.2) is 4.39 Å². The van der Waals surface area contributed by atoms with Crippen molar-refractivity contribution in [2.75, 3.05) is 32.9 Å². The highest BCUT2D eigenvalue weighted by Gasteiger charge is 2.28. The molecule has 20 heavy (non-hydrogen) atoms. The lowest BCUT2D eigenvalue weighted by molar-refractivity contribution is -0.386. The fourth-order valence-electron chi connectivity index (χ4n) is 2.37. The zero-order valence-corrected chi connectivity index (χ0v) is 12.3. The molecule has 1 aliphatic heterocycles. The number of nitro groups is 1. The van der Waals surface area contributed by atoms with Gasteiger partial charge in [-0.2, -0.15) is 0 Å². The maximum Gasteiger partial charge on any atom is 0.312 e. The van der Waals surface area contributed by atoms with Crippen molar-refractivity contribution in [2.24, 2.45) is 0 Å². The molecule has 2 rings (SSSR count). The van der Waals surface area contributed by atoms with E-state index in [2.05, 4.69) is 21.2 Å². The van der Waals surface area contributed by atoms with Crippen LogP contribution in [0.5, 0.6) is 5.75 Å². The van der Waals surface area contributed by atoms with Gasteiger partial charge in [-0.1, -0.05) is 15.9 Å². The number of hydrogen-bond donors (Lipinski definition) is 2. The first-order chi connectivity index (χ1) is 9.54. The Morgan fingerprint density at radius 2 is 2.15 bits per heavy atom. The molecule has 1 aliphatic rings. The fraction of sp³-hybridized carbons (Fsp3) is 0.500. The summed E-state index contributed by atoms with van der Waals surface area (Å²) in [5.74, 6) is -0.459. The molecule has 110 valence electrons. The topological polar surface area (TPSA) is 78.6 Å². The number of hydrogen-bond acceptors (Lipinski definition) is 5. The van der Waals surface area contributed by atoms with Crippen LogP contribution in [-0.2, 0) is 0 Å². The molecule has 0 spiro atoms. The lowest BCUT2D eigenvalue weighted by atomic mass is 10.0. The van der Waals surface area contributed by atoms with Crippen LogP contribution in [0.2, 0.25) is 0 Å². The number of phenols is 1. The first-order valence-corrected chi connectivity index (χ1v) is 7.01. The SMILES string of the molecule is O=[N+]([O-])c1cc(Br)cc([C@@H](CF)N2CCNCC2)c1O. The zero-order valence-electron chi connectivity index (χ0n) is 10.7. The van der Waals surface area contributed by atoms with E-state index in [1.807, 2.05) is 4.90 Å². The molecule has 0 bridgehead atoms. The second kappa shape index (κ2) is 6.47. The average Bonchev–Trinajstić information content (AvgIpc) is 2.44. The van der Waals surface area contributed by atoms with E-state index in [1.54, 1.807) is 0 Å². The van der Waals surface area contributed by atoms with E-state index in [0.717, 1.165) is 13.1 Å². The van der Waals surface area contributed by atoms with Gasteiger partial charge in [-0.3, -0.25) is 15.0 Å². The quantitative estimate of drug-likeness (QED) is 0.643. The molecule has 1 saturated heterocycles. The summed E-state index contributed by atoms with van der Waals surface area (Å²) >= 11 is 3.17. The van der Waals surface area contributed by atoms with Crippen molar-refractivity contribution in [2.45, 2.75) is 6.04 Å². The molecule has 1 heterocycles. The van der Waals surface area contributed by atoms with Crippen LogP contribution < -0.4 is 5.32 Å². The van der Waals surface area contributed by atoms with Crippen molar-refractivity contribution in [3.05, 3.63) is 32.3 Å². The molecule has 0 radical (unpaired) electrons. The molecule has 1 atom stereocenters. The molecule has 0 aromatic heterocycles. The van der Waals surface area contributed by atoms with Gasteiger partial charge >= 0.3 is 5.69 Å². The molecule has 0 saturated carbocycles. The second-order valence-electron chi connectivity index (χ2n) is 4.58. The Morgan fingerprint density at radius 1 is 1.50 bits per heavy atom. The normalized spacial score (nSPS) is 17.9. The number of benzene rings is 1.